The molecule has 0 atom stereocenters. The van der Waals surface area contributed by atoms with Gasteiger partial charge in [-0.05, 0) is 17.7 Å². The summed E-state index contributed by atoms with van der Waals surface area (Å²) in [5, 5.41) is 7.41. The highest BCUT2D eigenvalue weighted by molar-refractivity contribution is 5.89. The van der Waals surface area contributed by atoms with Crippen molar-refractivity contribution >= 4 is 23.1 Å². The molecular weight excluding hydrogens is 236 g/mol. The van der Waals surface area contributed by atoms with Crippen LogP contribution in [-0.4, -0.2) is 10.2 Å². The molecule has 1 aromatic heterocycles. The van der Waals surface area contributed by atoms with Crippen molar-refractivity contribution in [3.05, 3.63) is 76.1 Å². The molecule has 1 heterocycles. The Hall–Kier alpha value is -2.68. The van der Waals surface area contributed by atoms with Crippen molar-refractivity contribution in [3.8, 4) is 0 Å². The lowest BCUT2D eigenvalue weighted by molar-refractivity contribution is 1.02. The predicted octanol–water partition coefficient (Wildman–Crippen LogP) is 3.09. The van der Waals surface area contributed by atoms with Gasteiger partial charge in [0.25, 0.3) is 5.56 Å². The molecule has 0 fully saturated rings. The predicted molar refractivity (Wildman–Crippen MR) is 77.7 cm³/mol. The summed E-state index contributed by atoms with van der Waals surface area (Å²) in [6.07, 6.45) is 3.76. The standard InChI is InChI=1S/C16H12N2O/c19-16-14(11-10-12-6-2-1-3-7-12)13-8-4-5-9-15(13)17-18-16/h1-11H,(H,18,19). The number of hydrogen-bond donors (Lipinski definition) is 1. The summed E-state index contributed by atoms with van der Waals surface area (Å²) in [6, 6.07) is 17.5. The molecule has 0 spiro atoms. The summed E-state index contributed by atoms with van der Waals surface area (Å²) in [5.41, 5.74) is 2.30. The maximum Gasteiger partial charge on any atom is 0.272 e. The molecule has 92 valence electrons. The van der Waals surface area contributed by atoms with E-state index in [2.05, 4.69) is 10.2 Å². The third kappa shape index (κ3) is 2.31. The number of para-hydroxylation sites is 1. The number of hydrogen-bond acceptors (Lipinski definition) is 2. The summed E-state index contributed by atoms with van der Waals surface area (Å²) in [4.78, 5) is 11.9. The fraction of sp³-hybridized carbons (Fsp3) is 0. The lowest BCUT2D eigenvalue weighted by Crippen LogP contribution is -2.11. The number of aromatic amines is 1. The fourth-order valence-electron chi connectivity index (χ4n) is 2.00. The molecule has 3 heteroatoms. The van der Waals surface area contributed by atoms with E-state index in [1.54, 1.807) is 0 Å². The Balaban J connectivity index is 2.13. The van der Waals surface area contributed by atoms with Crippen LogP contribution in [0.15, 0.2) is 59.4 Å². The normalized spacial score (nSPS) is 11.2. The zero-order valence-electron chi connectivity index (χ0n) is 10.2. The second-order valence-electron chi connectivity index (χ2n) is 4.23. The monoisotopic (exact) mass is 248 g/mol. The molecule has 1 N–H and O–H groups in total. The highest BCUT2D eigenvalue weighted by atomic mass is 16.1. The smallest absolute Gasteiger partial charge is 0.267 e. The molecule has 0 aliphatic carbocycles. The van der Waals surface area contributed by atoms with Gasteiger partial charge in [-0.1, -0.05) is 54.6 Å². The molecule has 0 unspecified atom stereocenters. The van der Waals surface area contributed by atoms with Gasteiger partial charge in [-0.25, -0.2) is 5.10 Å². The summed E-state index contributed by atoms with van der Waals surface area (Å²) in [7, 11) is 0. The number of nitrogens with zero attached hydrogens (tertiary/aromatic N) is 1. The Morgan fingerprint density at radius 1 is 0.895 bits per heavy atom. The van der Waals surface area contributed by atoms with Crippen LogP contribution in [0.4, 0.5) is 0 Å². The van der Waals surface area contributed by atoms with Crippen molar-refractivity contribution in [1.82, 2.24) is 10.2 Å². The minimum atomic E-state index is -0.175. The van der Waals surface area contributed by atoms with E-state index in [0.29, 0.717) is 5.56 Å². The van der Waals surface area contributed by atoms with Crippen molar-refractivity contribution in [1.29, 1.82) is 0 Å². The maximum absolute atomic E-state index is 11.9. The van der Waals surface area contributed by atoms with Crippen LogP contribution in [-0.2, 0) is 0 Å². The first kappa shape index (κ1) is 11.4. The van der Waals surface area contributed by atoms with E-state index in [4.69, 9.17) is 0 Å². The summed E-state index contributed by atoms with van der Waals surface area (Å²) in [6.45, 7) is 0. The first-order chi connectivity index (χ1) is 9.34. The second-order valence-corrected chi connectivity index (χ2v) is 4.23. The first-order valence-electron chi connectivity index (χ1n) is 6.05. The van der Waals surface area contributed by atoms with Gasteiger partial charge in [0.2, 0.25) is 0 Å². The SMILES string of the molecule is O=c1[nH]nc2ccccc2c1C=Cc1ccccc1. The zero-order chi connectivity index (χ0) is 13.1. The van der Waals surface area contributed by atoms with E-state index < -0.39 is 0 Å². The van der Waals surface area contributed by atoms with E-state index in [0.717, 1.165) is 16.5 Å². The van der Waals surface area contributed by atoms with E-state index in [1.807, 2.05) is 66.7 Å². The van der Waals surface area contributed by atoms with E-state index >= 15 is 0 Å². The van der Waals surface area contributed by atoms with Crippen LogP contribution in [0.5, 0.6) is 0 Å². The van der Waals surface area contributed by atoms with E-state index in [-0.39, 0.29) is 5.56 Å². The highest BCUT2D eigenvalue weighted by Crippen LogP contribution is 2.14. The van der Waals surface area contributed by atoms with Crippen molar-refractivity contribution < 1.29 is 0 Å². The molecule has 0 saturated carbocycles. The van der Waals surface area contributed by atoms with Crippen molar-refractivity contribution in [2.45, 2.75) is 0 Å². The number of aromatic nitrogens is 2. The Kier molecular flexibility index (Phi) is 2.94. The molecule has 3 aromatic rings. The van der Waals surface area contributed by atoms with Crippen LogP contribution in [0.25, 0.3) is 23.1 Å². The molecule has 0 saturated heterocycles. The van der Waals surface area contributed by atoms with Crippen LogP contribution in [0.3, 0.4) is 0 Å². The highest BCUT2D eigenvalue weighted by Gasteiger charge is 2.03. The lowest BCUT2D eigenvalue weighted by Gasteiger charge is -1.99. The van der Waals surface area contributed by atoms with Crippen molar-refractivity contribution in [2.75, 3.05) is 0 Å². The first-order valence-corrected chi connectivity index (χ1v) is 6.05. The molecule has 0 aliphatic rings. The Bertz CT molecular complexity index is 788. The van der Waals surface area contributed by atoms with Gasteiger partial charge < -0.3 is 0 Å². The van der Waals surface area contributed by atoms with E-state index in [1.165, 1.54) is 0 Å². The Labute approximate surface area is 110 Å². The minimum absolute atomic E-state index is 0.175. The van der Waals surface area contributed by atoms with Gasteiger partial charge in [-0.15, -0.1) is 0 Å². The van der Waals surface area contributed by atoms with Gasteiger partial charge in [0.05, 0.1) is 11.1 Å². The summed E-state index contributed by atoms with van der Waals surface area (Å²) in [5.74, 6) is 0. The van der Waals surface area contributed by atoms with Gasteiger partial charge in [-0.2, -0.15) is 5.10 Å². The quantitative estimate of drug-likeness (QED) is 0.757. The van der Waals surface area contributed by atoms with Crippen LogP contribution >= 0.6 is 0 Å². The molecule has 19 heavy (non-hydrogen) atoms. The summed E-state index contributed by atoms with van der Waals surface area (Å²) >= 11 is 0. The zero-order valence-corrected chi connectivity index (χ0v) is 10.2. The number of H-pyrrole nitrogens is 1. The van der Waals surface area contributed by atoms with Gasteiger partial charge in [0.15, 0.2) is 0 Å². The average molecular weight is 248 g/mol. The summed E-state index contributed by atoms with van der Waals surface area (Å²) < 4.78 is 0. The van der Waals surface area contributed by atoms with Crippen LogP contribution in [0, 0.1) is 0 Å². The van der Waals surface area contributed by atoms with Crippen LogP contribution < -0.4 is 5.56 Å². The second kappa shape index (κ2) is 4.90. The number of fused-ring (bicyclic) bond motifs is 1. The molecule has 0 aliphatic heterocycles. The molecule has 2 aromatic carbocycles. The molecule has 3 rings (SSSR count). The van der Waals surface area contributed by atoms with Gasteiger partial charge >= 0.3 is 0 Å². The lowest BCUT2D eigenvalue weighted by atomic mass is 10.1. The number of nitrogens with one attached hydrogen (secondary N) is 1. The molecule has 0 amide bonds. The van der Waals surface area contributed by atoms with Gasteiger partial charge in [0.1, 0.15) is 0 Å². The molecule has 0 radical (unpaired) electrons. The maximum atomic E-state index is 11.9. The fourth-order valence-corrected chi connectivity index (χ4v) is 2.00. The van der Waals surface area contributed by atoms with E-state index in [9.17, 15) is 4.79 Å². The third-order valence-corrected chi connectivity index (χ3v) is 2.96. The van der Waals surface area contributed by atoms with Crippen LogP contribution in [0.2, 0.25) is 0 Å². The molecule has 3 nitrogen and oxygen atoms in total. The largest absolute Gasteiger partial charge is 0.272 e. The van der Waals surface area contributed by atoms with Crippen LogP contribution in [0.1, 0.15) is 11.1 Å². The minimum Gasteiger partial charge on any atom is -0.267 e. The average Bonchev–Trinajstić information content (AvgIpc) is 2.47. The molecular formula is C16H12N2O. The van der Waals surface area contributed by atoms with Crippen molar-refractivity contribution in [3.63, 3.8) is 0 Å². The van der Waals surface area contributed by atoms with Crippen molar-refractivity contribution in [2.24, 2.45) is 0 Å². The Morgan fingerprint density at radius 2 is 1.63 bits per heavy atom. The number of benzene rings is 2. The van der Waals surface area contributed by atoms with Gasteiger partial charge in [-0.3, -0.25) is 4.79 Å². The Morgan fingerprint density at radius 3 is 2.47 bits per heavy atom. The topological polar surface area (TPSA) is 45.8 Å². The third-order valence-electron chi connectivity index (χ3n) is 2.96. The molecule has 0 bridgehead atoms. The van der Waals surface area contributed by atoms with Gasteiger partial charge in [0, 0.05) is 5.39 Å². The number of rotatable bonds is 2.